The number of nitrogens with one attached hydrogen (secondary N) is 8. The highest BCUT2D eigenvalue weighted by atomic mass is 35.6. The first-order valence-corrected chi connectivity index (χ1v) is 34.2. The summed E-state index contributed by atoms with van der Waals surface area (Å²) in [4.78, 5) is 92.1. The van der Waals surface area contributed by atoms with Gasteiger partial charge in [0.15, 0.2) is 17.4 Å². The van der Waals surface area contributed by atoms with Gasteiger partial charge in [0.2, 0.25) is 34.8 Å². The van der Waals surface area contributed by atoms with Crippen molar-refractivity contribution in [1.29, 1.82) is 0 Å². The van der Waals surface area contributed by atoms with Gasteiger partial charge in [-0.15, -0.1) is 46.4 Å². The molecule has 0 radical (unpaired) electrons. The summed E-state index contributed by atoms with van der Waals surface area (Å²) in [6.45, 7) is 1.26. The number of benzene rings is 8. The summed E-state index contributed by atoms with van der Waals surface area (Å²) in [5, 5.41) is 21.4. The zero-order chi connectivity index (χ0) is 76.1. The molecule has 0 aliphatic heterocycles. The normalized spacial score (nSPS) is 9.04. The molecule has 0 fully saturated rings. The predicted molar refractivity (Wildman–Crippen MR) is 456 cm³/mol. The fourth-order valence-electron chi connectivity index (χ4n) is 6.90. The Morgan fingerprint density at radius 3 is 0.626 bits per heavy atom. The quantitative estimate of drug-likeness (QED) is 0.0158. The summed E-state index contributed by atoms with van der Waals surface area (Å²) < 4.78 is -0.475. The molecule has 107 heavy (non-hydrogen) atoms. The molecule has 0 aromatic heterocycles. The molecule has 12 N–H and O–H groups in total. The summed E-state index contributed by atoms with van der Waals surface area (Å²) in [7, 11) is 14.9. The van der Waals surface area contributed by atoms with Crippen LogP contribution in [0.3, 0.4) is 0 Å². The summed E-state index contributed by atoms with van der Waals surface area (Å²) in [5.41, 5.74) is 11.7. The van der Waals surface area contributed by atoms with E-state index < -0.39 is 9.54 Å². The monoisotopic (exact) mass is 1660 g/mol. The maximum Gasteiger partial charge on any atom is 0.279 e. The fourth-order valence-corrected chi connectivity index (χ4v) is 7.10. The minimum atomic E-state index is -0.750. The largest absolute Gasteiger partial charge is 1.00 e. The summed E-state index contributed by atoms with van der Waals surface area (Å²) in [6.07, 6.45) is 0. The number of halogens is 9. The molecule has 0 aliphatic carbocycles. The molecule has 0 saturated heterocycles. The summed E-state index contributed by atoms with van der Waals surface area (Å²) in [5.74, 6) is -0.872. The Morgan fingerprint density at radius 1 is 0.346 bits per heavy atom. The van der Waals surface area contributed by atoms with E-state index in [9.17, 15) is 38.4 Å². The second-order valence-corrected chi connectivity index (χ2v) is 24.6. The van der Waals surface area contributed by atoms with Crippen molar-refractivity contribution in [3.8, 4) is 0 Å². The van der Waals surface area contributed by atoms with E-state index in [0.717, 1.165) is 45.5 Å². The van der Waals surface area contributed by atoms with Gasteiger partial charge < -0.3 is 80.4 Å². The third-order valence-electron chi connectivity index (χ3n) is 10.7. The molecule has 0 aliphatic rings. The van der Waals surface area contributed by atoms with Gasteiger partial charge in [0, 0.05) is 45.5 Å². The first kappa shape index (κ1) is 115. The zero-order valence-corrected chi connectivity index (χ0v) is 65.2. The van der Waals surface area contributed by atoms with Crippen LogP contribution < -0.4 is 60.7 Å². The highest BCUT2D eigenvalue weighted by Crippen LogP contribution is 2.11. The molecule has 8 rings (SSSR count). The minimum absolute atomic E-state index is 0. The van der Waals surface area contributed by atoms with Crippen LogP contribution in [-0.4, -0.2) is 177 Å². The maximum absolute atomic E-state index is 12.1. The summed E-state index contributed by atoms with van der Waals surface area (Å²) >= 11 is 39.8. The third kappa shape index (κ3) is 74.6. The van der Waals surface area contributed by atoms with Gasteiger partial charge in [0.1, 0.15) is 17.6 Å². The number of rotatable bonds is 19. The van der Waals surface area contributed by atoms with Crippen LogP contribution >= 0.6 is 92.8 Å². The predicted octanol–water partition coefficient (Wildman–Crippen LogP) is 13.1. The van der Waals surface area contributed by atoms with E-state index in [-0.39, 0.29) is 130 Å². The molecule has 0 spiro atoms. The van der Waals surface area contributed by atoms with Gasteiger partial charge >= 0.3 is 0 Å². The fraction of sp³-hybridized carbons (Fsp3) is 0.273. The van der Waals surface area contributed by atoms with Crippen molar-refractivity contribution in [2.45, 2.75) is 34.0 Å². The first-order valence-electron chi connectivity index (χ1n) is 30.4. The molecule has 594 valence electrons. The maximum atomic E-state index is 12.1. The number of quaternary nitrogens is 1. The van der Waals surface area contributed by atoms with Crippen LogP contribution in [-0.2, 0) is 38.4 Å². The topological polar surface area (TPSA) is 297 Å². The summed E-state index contributed by atoms with van der Waals surface area (Å²) in [6, 6.07) is 74.6. The van der Waals surface area contributed by atoms with E-state index in [2.05, 4.69) is 42.5 Å². The average molecular weight is 1670 g/mol. The van der Waals surface area contributed by atoms with E-state index in [0.29, 0.717) is 13.1 Å². The molecule has 21 nitrogen and oxygen atoms in total. The number of hydrogen-bond acceptors (Lipinski definition) is 12. The minimum Gasteiger partial charge on any atom is -1.00 e. The lowest BCUT2D eigenvalue weighted by molar-refractivity contribution is -0.874. The van der Waals surface area contributed by atoms with Gasteiger partial charge in [0.25, 0.3) is 11.8 Å². The molecule has 0 atom stereocenters. The smallest absolute Gasteiger partial charge is 0.279 e. The molecular formula is C77H109Cl9N12O9. The molecule has 0 saturated carbocycles. The Morgan fingerprint density at radius 2 is 0.495 bits per heavy atom. The third-order valence-corrected chi connectivity index (χ3v) is 12.0. The standard InChI is InChI=1S/C18H21N3O2.2C10H14N2O.3C8H8ClNO.C6H7N.C2H2Cl2O.C2H7N.CHCl3.4CH4.ClH.H2O/c1-21(2,13-17(22)19-15-9-5-3-6-10-15)14-18(23)20-16-11-7-4-8-12-16;2*1-12(2)8-10(13)11-9-6-4-3-5-7-9;3*9-6-8(11)10-7-4-2-1-3-5-7;7-6-4-2-1-3-5-6;3-1-2(4)5;1-3-2;2-1(3)4;;;;;;/h3-12H,13-14H2,1-2H3,(H-,19,20,22,23);2*3-7H,8H2,1-2H3,(H,11,13);3*1-5H,6H2,(H,10,11);1-5H,7H2;1H2;3H,1-2H3;1H;4*1H4;1H;1H2. The van der Waals surface area contributed by atoms with Crippen LogP contribution in [0, 0.1) is 0 Å². The number of likely N-dealkylation sites (N-methyl/N-ethyl adjacent to an activating group) is 3. The zero-order valence-electron chi connectivity index (χ0n) is 58.4. The second kappa shape index (κ2) is 74.8. The van der Waals surface area contributed by atoms with E-state index in [1.54, 1.807) is 0 Å². The van der Waals surface area contributed by atoms with Gasteiger partial charge in [0.05, 0.1) is 33.1 Å². The van der Waals surface area contributed by atoms with Crippen molar-refractivity contribution in [1.82, 2.24) is 15.1 Å². The SMILES string of the molecule is C.C.C.C.CN(C)CC(=O)Nc1ccccc1.CN(C)CC(=O)Nc1ccccc1.CNC.C[N+](C)(CC(=O)Nc1ccccc1)CC(=O)Nc1ccccc1.ClC(Cl)Cl.Nc1ccccc1.O.O=C(CCl)Nc1ccccc1.O=C(CCl)Nc1ccccc1.O=C(CCl)Nc1ccccc1.O=C(Cl)CCl.[Cl-]. The van der Waals surface area contributed by atoms with Crippen molar-refractivity contribution in [2.75, 3.05) is 149 Å². The number of para-hydroxylation sites is 8. The molecule has 30 heteroatoms. The Hall–Kier alpha value is -8.07. The van der Waals surface area contributed by atoms with Crippen LogP contribution in [0.2, 0.25) is 0 Å². The van der Waals surface area contributed by atoms with Gasteiger partial charge in [-0.1, -0.05) is 210 Å². The number of alkyl halides is 7. The highest BCUT2D eigenvalue weighted by Gasteiger charge is 2.24. The van der Waals surface area contributed by atoms with Crippen molar-refractivity contribution in [2.24, 2.45) is 0 Å². The number of hydrogen-bond donors (Lipinski definition) is 9. The number of carbonyl (C=O) groups is 8. The van der Waals surface area contributed by atoms with E-state index in [1.807, 2.05) is 309 Å². The second-order valence-electron chi connectivity index (χ2n) is 21.2. The molecule has 0 unspecified atom stereocenters. The Kier molecular flexibility index (Phi) is 80.2. The van der Waals surface area contributed by atoms with Crippen molar-refractivity contribution in [3.05, 3.63) is 243 Å². The van der Waals surface area contributed by atoms with E-state index in [4.69, 9.17) is 98.5 Å². The van der Waals surface area contributed by atoms with Crippen LogP contribution in [0.1, 0.15) is 29.7 Å². The van der Waals surface area contributed by atoms with Crippen molar-refractivity contribution in [3.63, 3.8) is 0 Å². The van der Waals surface area contributed by atoms with Crippen molar-refractivity contribution < 1.29 is 60.7 Å². The molecular weight excluding hydrogens is 1560 g/mol. The Balaban J connectivity index is -0.000000175. The van der Waals surface area contributed by atoms with Gasteiger partial charge in [-0.05, 0) is 151 Å². The number of nitrogens with zero attached hydrogens (tertiary/aromatic N) is 3. The number of anilines is 8. The number of amides is 7. The van der Waals surface area contributed by atoms with Crippen molar-refractivity contribution >= 4 is 185 Å². The van der Waals surface area contributed by atoms with Crippen LogP contribution in [0.25, 0.3) is 0 Å². The van der Waals surface area contributed by atoms with Crippen LogP contribution in [0.5, 0.6) is 0 Å². The first-order chi connectivity index (χ1) is 48.1. The molecule has 7 amide bonds. The van der Waals surface area contributed by atoms with E-state index >= 15 is 0 Å². The highest BCUT2D eigenvalue weighted by molar-refractivity contribution is 6.67. The molecule has 0 heterocycles. The lowest BCUT2D eigenvalue weighted by Gasteiger charge is -2.28. The lowest BCUT2D eigenvalue weighted by atomic mass is 10.3. The van der Waals surface area contributed by atoms with E-state index in [1.165, 1.54) is 0 Å². The van der Waals surface area contributed by atoms with Gasteiger partial charge in [-0.3, -0.25) is 38.4 Å². The number of nitrogen functional groups attached to an aromatic ring is 1. The van der Waals surface area contributed by atoms with Crippen LogP contribution in [0.4, 0.5) is 45.5 Å². The van der Waals surface area contributed by atoms with Gasteiger partial charge in [-0.2, -0.15) is 0 Å². The number of nitrogens with two attached hydrogens (primary N) is 1. The molecule has 0 bridgehead atoms. The molecule has 8 aromatic rings. The lowest BCUT2D eigenvalue weighted by Crippen LogP contribution is -3.00. The van der Waals surface area contributed by atoms with Crippen LogP contribution in [0.15, 0.2) is 243 Å². The number of carbonyl (C=O) groups excluding carboxylic acids is 8. The average Bonchev–Trinajstić information content (AvgIpc) is 0.806. The molecule has 8 aromatic carbocycles. The van der Waals surface area contributed by atoms with Gasteiger partial charge in [-0.25, -0.2) is 0 Å². The Bertz CT molecular complexity index is 3210. The Labute approximate surface area is 681 Å².